The summed E-state index contributed by atoms with van der Waals surface area (Å²) in [6.07, 6.45) is 3.19. The summed E-state index contributed by atoms with van der Waals surface area (Å²) in [6, 6.07) is 12.5. The van der Waals surface area contributed by atoms with E-state index >= 15 is 0 Å². The molecule has 3 aromatic rings. The van der Waals surface area contributed by atoms with E-state index in [1.165, 1.54) is 27.6 Å². The highest BCUT2D eigenvalue weighted by molar-refractivity contribution is 6.30. The van der Waals surface area contributed by atoms with Crippen molar-refractivity contribution in [2.75, 3.05) is 0 Å². The first-order valence-electron chi connectivity index (χ1n) is 11.5. The van der Waals surface area contributed by atoms with E-state index < -0.39 is 23.3 Å². The molecule has 2 aromatic carbocycles. The average Bonchev–Trinajstić information content (AvgIpc) is 3.13. The second-order valence-corrected chi connectivity index (χ2v) is 9.57. The summed E-state index contributed by atoms with van der Waals surface area (Å²) in [6.45, 7) is 1.67. The first-order valence-corrected chi connectivity index (χ1v) is 11.8. The fourth-order valence-corrected chi connectivity index (χ4v) is 5.74. The molecule has 6 rings (SSSR count). The topological polar surface area (TPSA) is 103 Å². The summed E-state index contributed by atoms with van der Waals surface area (Å²) in [7, 11) is 0. The first-order chi connectivity index (χ1) is 17.3. The number of halogens is 1. The number of aromatic nitrogens is 3. The van der Waals surface area contributed by atoms with Gasteiger partial charge >= 0.3 is 11.4 Å². The minimum absolute atomic E-state index is 0.0763. The normalized spacial score (nSPS) is 20.9. The molecule has 0 bridgehead atoms. The molecule has 2 heterocycles. The summed E-state index contributed by atoms with van der Waals surface area (Å²) in [4.78, 5) is 53.4. The molecule has 0 radical (unpaired) electrons. The molecule has 1 N–H and O–H groups in total. The molecule has 36 heavy (non-hydrogen) atoms. The third kappa shape index (κ3) is 3.07. The van der Waals surface area contributed by atoms with Crippen molar-refractivity contribution < 1.29 is 14.7 Å². The quantitative estimate of drug-likeness (QED) is 0.429. The zero-order chi connectivity index (χ0) is 25.3. The van der Waals surface area contributed by atoms with Gasteiger partial charge in [-0.25, -0.2) is 23.5 Å². The Morgan fingerprint density at radius 3 is 2.50 bits per heavy atom. The van der Waals surface area contributed by atoms with Crippen LogP contribution in [-0.2, 0) is 16.1 Å². The number of carbonyl (C=O) groups excluding carboxylic acids is 2. The van der Waals surface area contributed by atoms with Crippen LogP contribution in [0.25, 0.3) is 5.69 Å². The Morgan fingerprint density at radius 1 is 1.00 bits per heavy atom. The van der Waals surface area contributed by atoms with Crippen molar-refractivity contribution in [1.29, 1.82) is 0 Å². The highest BCUT2D eigenvalue weighted by Gasteiger charge is 2.45. The van der Waals surface area contributed by atoms with Gasteiger partial charge < -0.3 is 5.11 Å². The van der Waals surface area contributed by atoms with Gasteiger partial charge in [0.25, 0.3) is 0 Å². The van der Waals surface area contributed by atoms with Crippen LogP contribution in [0.4, 0.5) is 0 Å². The summed E-state index contributed by atoms with van der Waals surface area (Å²) in [5, 5.41) is 11.1. The maximum atomic E-state index is 13.7. The fraction of sp³-hybridized carbons (Fsp3) is 0.185. The number of para-hydroxylation sites is 1. The van der Waals surface area contributed by atoms with Crippen molar-refractivity contribution in [3.8, 4) is 11.4 Å². The minimum Gasteiger partial charge on any atom is -0.508 e. The number of nitrogens with zero attached hydrogens (tertiary/aromatic N) is 3. The van der Waals surface area contributed by atoms with Crippen molar-refractivity contribution in [1.82, 2.24) is 13.9 Å². The predicted octanol–water partition coefficient (Wildman–Crippen LogP) is 3.22. The molecule has 1 aromatic heterocycles. The monoisotopic (exact) mass is 501 g/mol. The Bertz CT molecular complexity index is 1700. The van der Waals surface area contributed by atoms with Crippen LogP contribution in [0.2, 0.25) is 5.02 Å². The summed E-state index contributed by atoms with van der Waals surface area (Å²) in [5.74, 6) is -1.48. The molecular weight excluding hydrogens is 482 g/mol. The number of hydrogen-bond donors (Lipinski definition) is 1. The Morgan fingerprint density at radius 2 is 1.75 bits per heavy atom. The minimum atomic E-state index is -0.797. The lowest BCUT2D eigenvalue weighted by Crippen LogP contribution is -2.40. The SMILES string of the molecule is CC1=CC(=O)C2=C(C[C@@H]3C(=CCn4c(=O)n(-c5ccccc5)c(=O)n43)[C@@H]2c2cc(Cl)ccc2O)C1=O. The largest absolute Gasteiger partial charge is 0.508 e. The van der Waals surface area contributed by atoms with Crippen LogP contribution < -0.4 is 11.4 Å². The van der Waals surface area contributed by atoms with Gasteiger partial charge in [-0.2, -0.15) is 0 Å². The lowest BCUT2D eigenvalue weighted by atomic mass is 9.68. The summed E-state index contributed by atoms with van der Waals surface area (Å²) < 4.78 is 3.82. The highest BCUT2D eigenvalue weighted by atomic mass is 35.5. The number of phenols is 1. The fourth-order valence-electron chi connectivity index (χ4n) is 5.56. The van der Waals surface area contributed by atoms with Gasteiger partial charge in [0, 0.05) is 39.6 Å². The van der Waals surface area contributed by atoms with Crippen LogP contribution >= 0.6 is 11.6 Å². The summed E-state index contributed by atoms with van der Waals surface area (Å²) in [5.41, 5.74) is 1.30. The van der Waals surface area contributed by atoms with Crippen LogP contribution in [0.3, 0.4) is 0 Å². The number of benzene rings is 2. The van der Waals surface area contributed by atoms with Crippen molar-refractivity contribution >= 4 is 23.2 Å². The van der Waals surface area contributed by atoms with E-state index in [0.717, 1.165) is 4.57 Å². The standard InChI is InChI=1S/C27H20ClN3O5/c1-14-11-22(33)24-19(25(14)34)13-20-17(23(24)18-12-15(28)7-8-21(18)32)9-10-29-26(35)30(27(36)31(20)29)16-5-3-2-4-6-16/h2-9,11-12,20,23,32H,10,13H2,1H3/t20-,23-/m1/s1. The maximum absolute atomic E-state index is 13.7. The van der Waals surface area contributed by atoms with E-state index in [1.54, 1.807) is 49.4 Å². The number of rotatable bonds is 2. The zero-order valence-electron chi connectivity index (χ0n) is 19.1. The molecule has 1 aliphatic heterocycles. The van der Waals surface area contributed by atoms with Gasteiger partial charge in [-0.1, -0.05) is 35.9 Å². The zero-order valence-corrected chi connectivity index (χ0v) is 19.9. The number of hydrogen-bond acceptors (Lipinski definition) is 5. The van der Waals surface area contributed by atoms with E-state index in [9.17, 15) is 24.3 Å². The number of allylic oxidation sites excluding steroid dienone is 6. The van der Waals surface area contributed by atoms with E-state index in [-0.39, 0.29) is 41.4 Å². The van der Waals surface area contributed by atoms with Gasteiger partial charge in [-0.3, -0.25) is 9.59 Å². The van der Waals surface area contributed by atoms with E-state index in [0.29, 0.717) is 27.4 Å². The molecular formula is C27H20ClN3O5. The van der Waals surface area contributed by atoms with Crippen LogP contribution in [-0.4, -0.2) is 30.6 Å². The Balaban J connectivity index is 1.61. The van der Waals surface area contributed by atoms with Crippen molar-refractivity contribution in [2.24, 2.45) is 0 Å². The number of fused-ring (bicyclic) bond motifs is 3. The number of Topliss-reactive ketones (excluding diaryl/α,β-unsaturated/α-hetero) is 1. The third-order valence-electron chi connectivity index (χ3n) is 7.14. The lowest BCUT2D eigenvalue weighted by molar-refractivity contribution is -0.116. The molecule has 180 valence electrons. The summed E-state index contributed by atoms with van der Waals surface area (Å²) >= 11 is 6.26. The third-order valence-corrected chi connectivity index (χ3v) is 7.38. The van der Waals surface area contributed by atoms with Crippen molar-refractivity contribution in [3.63, 3.8) is 0 Å². The predicted molar refractivity (Wildman–Crippen MR) is 133 cm³/mol. The Labute approximate surface area is 209 Å². The van der Waals surface area contributed by atoms with Gasteiger partial charge in [0.15, 0.2) is 11.6 Å². The van der Waals surface area contributed by atoms with Gasteiger partial charge in [-0.05, 0) is 48.9 Å². The molecule has 8 nitrogen and oxygen atoms in total. The molecule has 0 unspecified atom stereocenters. The van der Waals surface area contributed by atoms with E-state index in [4.69, 9.17) is 11.6 Å². The van der Waals surface area contributed by atoms with Crippen molar-refractivity contribution in [2.45, 2.75) is 31.8 Å². The molecule has 9 heteroatoms. The van der Waals surface area contributed by atoms with Crippen LogP contribution in [0.5, 0.6) is 5.75 Å². The molecule has 0 amide bonds. The molecule has 0 spiro atoms. The van der Waals surface area contributed by atoms with Gasteiger partial charge in [0.1, 0.15) is 5.75 Å². The molecule has 0 fully saturated rings. The van der Waals surface area contributed by atoms with E-state index in [2.05, 4.69) is 0 Å². The number of ketones is 2. The first kappa shape index (κ1) is 22.3. The molecule has 2 aliphatic carbocycles. The van der Waals surface area contributed by atoms with Crippen LogP contribution in [0, 0.1) is 0 Å². The van der Waals surface area contributed by atoms with Gasteiger partial charge in [-0.15, -0.1) is 0 Å². The lowest BCUT2D eigenvalue weighted by Gasteiger charge is -2.39. The van der Waals surface area contributed by atoms with Crippen LogP contribution in [0.15, 0.2) is 92.6 Å². The second kappa shape index (κ2) is 7.93. The second-order valence-electron chi connectivity index (χ2n) is 9.14. The maximum Gasteiger partial charge on any atom is 0.352 e. The van der Waals surface area contributed by atoms with Crippen LogP contribution in [0.1, 0.15) is 30.9 Å². The smallest absolute Gasteiger partial charge is 0.352 e. The van der Waals surface area contributed by atoms with E-state index in [1.807, 2.05) is 0 Å². The molecule has 0 saturated heterocycles. The number of phenolic OH excluding ortho intramolecular Hbond substituents is 1. The van der Waals surface area contributed by atoms with Gasteiger partial charge in [0.05, 0.1) is 18.3 Å². The van der Waals surface area contributed by atoms with Crippen molar-refractivity contribution in [3.05, 3.63) is 115 Å². The van der Waals surface area contributed by atoms with Gasteiger partial charge in [0.2, 0.25) is 0 Å². The Hall–Kier alpha value is -4.17. The number of aromatic hydroxyl groups is 1. The molecule has 3 aliphatic rings. The highest BCUT2D eigenvalue weighted by Crippen LogP contribution is 2.51. The number of carbonyl (C=O) groups is 2. The molecule has 0 saturated carbocycles. The Kier molecular flexibility index (Phi) is 4.91. The average molecular weight is 502 g/mol. The molecule has 2 atom stereocenters.